The molecule has 0 aromatic heterocycles. The van der Waals surface area contributed by atoms with Crippen LogP contribution in [0.4, 0.5) is 11.4 Å². The highest BCUT2D eigenvalue weighted by atomic mass is 35.5. The van der Waals surface area contributed by atoms with Gasteiger partial charge in [-0.15, -0.1) is 0 Å². The molecule has 1 aliphatic carbocycles. The maximum Gasteiger partial charge on any atom is 0.0408 e. The Morgan fingerprint density at radius 3 is 2.52 bits per heavy atom. The lowest BCUT2D eigenvalue weighted by atomic mass is 9.76. The van der Waals surface area contributed by atoms with E-state index in [2.05, 4.69) is 60.7 Å². The van der Waals surface area contributed by atoms with Crippen LogP contribution in [0.3, 0.4) is 0 Å². The standard InChI is InChI=1S/C18H21ClN2/c1-21(2)18-8-4-7-16(12-18)20-17-10-14(11-17)13-5-3-6-15(19)9-13/h3-9,12,14,17,20H,10-11H2,1-2H3. The average molecular weight is 301 g/mol. The summed E-state index contributed by atoms with van der Waals surface area (Å²) in [6, 6.07) is 17.4. The molecule has 3 heteroatoms. The average Bonchev–Trinajstić information content (AvgIpc) is 2.42. The molecule has 21 heavy (non-hydrogen) atoms. The minimum atomic E-state index is 0.561. The molecule has 0 radical (unpaired) electrons. The second kappa shape index (κ2) is 5.98. The highest BCUT2D eigenvalue weighted by Crippen LogP contribution is 2.39. The first-order valence-corrected chi connectivity index (χ1v) is 7.79. The summed E-state index contributed by atoms with van der Waals surface area (Å²) >= 11 is 6.06. The van der Waals surface area contributed by atoms with Gasteiger partial charge in [-0.25, -0.2) is 0 Å². The molecule has 0 aliphatic heterocycles. The van der Waals surface area contributed by atoms with E-state index < -0.39 is 0 Å². The Kier molecular flexibility index (Phi) is 4.07. The number of rotatable bonds is 4. The normalized spacial score (nSPS) is 20.7. The lowest BCUT2D eigenvalue weighted by Gasteiger charge is -2.37. The Bertz CT molecular complexity index is 618. The molecule has 2 aromatic rings. The van der Waals surface area contributed by atoms with Gasteiger partial charge in [-0.2, -0.15) is 0 Å². The molecule has 0 heterocycles. The van der Waals surface area contributed by atoms with Crippen molar-refractivity contribution in [3.63, 3.8) is 0 Å². The zero-order valence-electron chi connectivity index (χ0n) is 12.5. The van der Waals surface area contributed by atoms with E-state index in [1.807, 2.05) is 12.1 Å². The first-order chi connectivity index (χ1) is 10.1. The SMILES string of the molecule is CN(C)c1cccc(NC2CC(c3cccc(Cl)c3)C2)c1. The van der Waals surface area contributed by atoms with Gasteiger partial charge in [0.25, 0.3) is 0 Å². The number of halogens is 1. The molecule has 2 aromatic carbocycles. The fourth-order valence-corrected chi connectivity index (χ4v) is 3.08. The van der Waals surface area contributed by atoms with Crippen molar-refractivity contribution in [2.24, 2.45) is 0 Å². The molecular weight excluding hydrogens is 280 g/mol. The molecule has 3 rings (SSSR count). The first kappa shape index (κ1) is 14.3. The third kappa shape index (κ3) is 3.33. The lowest BCUT2D eigenvalue weighted by Crippen LogP contribution is -2.34. The third-order valence-corrected chi connectivity index (χ3v) is 4.43. The molecule has 1 saturated carbocycles. The van der Waals surface area contributed by atoms with Crippen molar-refractivity contribution >= 4 is 23.0 Å². The fraction of sp³-hybridized carbons (Fsp3) is 0.333. The first-order valence-electron chi connectivity index (χ1n) is 7.41. The smallest absolute Gasteiger partial charge is 0.0408 e. The molecule has 2 nitrogen and oxygen atoms in total. The number of anilines is 2. The van der Waals surface area contributed by atoms with Gasteiger partial charge < -0.3 is 10.2 Å². The fourth-order valence-electron chi connectivity index (χ4n) is 2.88. The minimum Gasteiger partial charge on any atom is -0.382 e. The number of nitrogens with zero attached hydrogens (tertiary/aromatic N) is 1. The van der Waals surface area contributed by atoms with Crippen LogP contribution in [0.1, 0.15) is 24.3 Å². The summed E-state index contributed by atoms with van der Waals surface area (Å²) in [6.07, 6.45) is 2.35. The summed E-state index contributed by atoms with van der Waals surface area (Å²) in [4.78, 5) is 2.13. The van der Waals surface area contributed by atoms with Gasteiger partial charge in [-0.3, -0.25) is 0 Å². The van der Waals surface area contributed by atoms with Crippen LogP contribution < -0.4 is 10.2 Å². The summed E-state index contributed by atoms with van der Waals surface area (Å²) in [6.45, 7) is 0. The molecule has 0 atom stereocenters. The summed E-state index contributed by atoms with van der Waals surface area (Å²) in [5.74, 6) is 0.637. The van der Waals surface area contributed by atoms with Gasteiger partial charge in [0, 0.05) is 36.5 Å². The summed E-state index contributed by atoms with van der Waals surface area (Å²) < 4.78 is 0. The molecule has 0 spiro atoms. The van der Waals surface area contributed by atoms with E-state index in [4.69, 9.17) is 11.6 Å². The van der Waals surface area contributed by atoms with Crippen molar-refractivity contribution in [3.05, 3.63) is 59.1 Å². The van der Waals surface area contributed by atoms with Gasteiger partial charge in [0.2, 0.25) is 0 Å². The quantitative estimate of drug-likeness (QED) is 0.875. The second-order valence-corrected chi connectivity index (χ2v) is 6.45. The van der Waals surface area contributed by atoms with Crippen LogP contribution in [0.25, 0.3) is 0 Å². The van der Waals surface area contributed by atoms with Crippen LogP contribution >= 0.6 is 11.6 Å². The van der Waals surface area contributed by atoms with E-state index >= 15 is 0 Å². The predicted octanol–water partition coefficient (Wildman–Crippen LogP) is 4.76. The molecular formula is C18H21ClN2. The van der Waals surface area contributed by atoms with Crippen LogP contribution in [-0.2, 0) is 0 Å². The highest BCUT2D eigenvalue weighted by Gasteiger charge is 2.30. The Hall–Kier alpha value is -1.67. The van der Waals surface area contributed by atoms with Crippen molar-refractivity contribution in [1.82, 2.24) is 0 Å². The molecule has 1 N–H and O–H groups in total. The van der Waals surface area contributed by atoms with Crippen LogP contribution in [0.5, 0.6) is 0 Å². The molecule has 0 bridgehead atoms. The molecule has 0 unspecified atom stereocenters. The van der Waals surface area contributed by atoms with E-state index in [1.54, 1.807) is 0 Å². The number of hydrogen-bond acceptors (Lipinski definition) is 2. The zero-order valence-corrected chi connectivity index (χ0v) is 13.3. The topological polar surface area (TPSA) is 15.3 Å². The lowest BCUT2D eigenvalue weighted by molar-refractivity contribution is 0.374. The van der Waals surface area contributed by atoms with Crippen LogP contribution in [0.15, 0.2) is 48.5 Å². The Labute approximate surface area is 131 Å². The molecule has 110 valence electrons. The van der Waals surface area contributed by atoms with Crippen LogP contribution in [0, 0.1) is 0 Å². The number of nitrogens with one attached hydrogen (secondary N) is 1. The maximum absolute atomic E-state index is 6.06. The summed E-state index contributed by atoms with van der Waals surface area (Å²) in [7, 11) is 4.13. The Morgan fingerprint density at radius 1 is 1.05 bits per heavy atom. The molecule has 0 amide bonds. The minimum absolute atomic E-state index is 0.561. The van der Waals surface area contributed by atoms with Gasteiger partial charge in [-0.05, 0) is 54.7 Å². The van der Waals surface area contributed by atoms with Crippen LogP contribution in [0.2, 0.25) is 5.02 Å². The van der Waals surface area contributed by atoms with E-state index in [-0.39, 0.29) is 0 Å². The number of benzene rings is 2. The van der Waals surface area contributed by atoms with Gasteiger partial charge in [0.05, 0.1) is 0 Å². The van der Waals surface area contributed by atoms with Crippen molar-refractivity contribution < 1.29 is 0 Å². The van der Waals surface area contributed by atoms with Crippen molar-refractivity contribution in [1.29, 1.82) is 0 Å². The van der Waals surface area contributed by atoms with E-state index in [9.17, 15) is 0 Å². The van der Waals surface area contributed by atoms with Crippen molar-refractivity contribution in [2.75, 3.05) is 24.3 Å². The van der Waals surface area contributed by atoms with Gasteiger partial charge >= 0.3 is 0 Å². The van der Waals surface area contributed by atoms with Gasteiger partial charge in [-0.1, -0.05) is 29.8 Å². The number of hydrogen-bond donors (Lipinski definition) is 1. The predicted molar refractivity (Wildman–Crippen MR) is 91.6 cm³/mol. The maximum atomic E-state index is 6.06. The monoisotopic (exact) mass is 300 g/mol. The van der Waals surface area contributed by atoms with Crippen LogP contribution in [-0.4, -0.2) is 20.1 Å². The second-order valence-electron chi connectivity index (χ2n) is 6.01. The summed E-state index contributed by atoms with van der Waals surface area (Å²) in [5.41, 5.74) is 3.80. The third-order valence-electron chi connectivity index (χ3n) is 4.19. The largest absolute Gasteiger partial charge is 0.382 e. The van der Waals surface area contributed by atoms with Crippen molar-refractivity contribution in [2.45, 2.75) is 24.8 Å². The Morgan fingerprint density at radius 2 is 1.81 bits per heavy atom. The molecule has 1 fully saturated rings. The van der Waals surface area contributed by atoms with Gasteiger partial charge in [0.15, 0.2) is 0 Å². The van der Waals surface area contributed by atoms with E-state index in [1.165, 1.54) is 29.8 Å². The summed E-state index contributed by atoms with van der Waals surface area (Å²) in [5, 5.41) is 4.46. The zero-order chi connectivity index (χ0) is 14.8. The van der Waals surface area contributed by atoms with Crippen molar-refractivity contribution in [3.8, 4) is 0 Å². The van der Waals surface area contributed by atoms with E-state index in [0.717, 1.165) is 5.02 Å². The van der Waals surface area contributed by atoms with E-state index in [0.29, 0.717) is 12.0 Å². The Balaban J connectivity index is 1.59. The molecule has 1 aliphatic rings. The molecule has 0 saturated heterocycles. The van der Waals surface area contributed by atoms with Gasteiger partial charge in [0.1, 0.15) is 0 Å². The highest BCUT2D eigenvalue weighted by molar-refractivity contribution is 6.30.